The Morgan fingerprint density at radius 1 is 0.971 bits per heavy atom. The normalized spacial score (nSPS) is 13.1. The second-order valence-electron chi connectivity index (χ2n) is 7.24. The first-order valence-corrected chi connectivity index (χ1v) is 10.3. The van der Waals surface area contributed by atoms with Gasteiger partial charge < -0.3 is 10.1 Å². The van der Waals surface area contributed by atoms with E-state index in [1.165, 1.54) is 48.5 Å². The van der Waals surface area contributed by atoms with Crippen LogP contribution in [0.15, 0.2) is 78.5 Å². The highest BCUT2D eigenvalue weighted by molar-refractivity contribution is 6.46. The fourth-order valence-electron chi connectivity index (χ4n) is 3.53. The van der Waals surface area contributed by atoms with Crippen molar-refractivity contribution in [3.63, 3.8) is 0 Å². The van der Waals surface area contributed by atoms with E-state index in [0.29, 0.717) is 34.9 Å². The van der Waals surface area contributed by atoms with Crippen LogP contribution in [0.2, 0.25) is 0 Å². The number of hydrogen-bond donors (Lipinski definition) is 1. The van der Waals surface area contributed by atoms with Crippen LogP contribution in [-0.2, 0) is 9.59 Å². The van der Waals surface area contributed by atoms with Crippen LogP contribution in [0.1, 0.15) is 18.1 Å². The van der Waals surface area contributed by atoms with E-state index < -0.39 is 16.7 Å². The van der Waals surface area contributed by atoms with Crippen molar-refractivity contribution < 1.29 is 19.2 Å². The number of carbonyl (C=O) groups is 2. The summed E-state index contributed by atoms with van der Waals surface area (Å²) in [5, 5.41) is 23.1. The minimum Gasteiger partial charge on any atom is -0.494 e. The van der Waals surface area contributed by atoms with Crippen LogP contribution in [0.4, 0.5) is 17.1 Å². The molecule has 0 atom stereocenters. The van der Waals surface area contributed by atoms with Crippen LogP contribution in [0.5, 0.6) is 5.75 Å². The van der Waals surface area contributed by atoms with E-state index >= 15 is 0 Å². The average Bonchev–Trinajstić information content (AvgIpc) is 3.09. The molecule has 168 valence electrons. The molecule has 0 saturated heterocycles. The number of non-ortho nitro benzene ring substituents is 1. The van der Waals surface area contributed by atoms with Gasteiger partial charge in [-0.3, -0.25) is 19.7 Å². The Kier molecular flexibility index (Phi) is 6.05. The lowest BCUT2D eigenvalue weighted by Gasteiger charge is -2.15. The van der Waals surface area contributed by atoms with Crippen LogP contribution in [0.25, 0.3) is 5.57 Å². The molecule has 34 heavy (non-hydrogen) atoms. The molecule has 0 aromatic heterocycles. The largest absolute Gasteiger partial charge is 0.494 e. The van der Waals surface area contributed by atoms with E-state index in [1.54, 1.807) is 24.3 Å². The number of rotatable bonds is 7. The maximum absolute atomic E-state index is 13.4. The van der Waals surface area contributed by atoms with Crippen molar-refractivity contribution in [2.75, 3.05) is 16.8 Å². The third-order valence-electron chi connectivity index (χ3n) is 5.14. The van der Waals surface area contributed by atoms with Crippen LogP contribution in [0, 0.1) is 21.4 Å². The van der Waals surface area contributed by atoms with Gasteiger partial charge in [-0.25, -0.2) is 4.90 Å². The zero-order chi connectivity index (χ0) is 24.2. The molecule has 3 aromatic rings. The maximum Gasteiger partial charge on any atom is 0.282 e. The third kappa shape index (κ3) is 4.20. The standard InChI is InChI=1S/C25H18N4O5/c1-2-34-21-13-7-18(8-14-21)27-23-22(17-5-11-20(12-6-17)29(32)33)24(30)28(25(23)31)19-9-3-16(15-26)4-10-19/h3-14,27H,2H2,1H3. The van der Waals surface area contributed by atoms with Crippen molar-refractivity contribution in [3.8, 4) is 11.8 Å². The Hall–Kier alpha value is -4.97. The van der Waals surface area contributed by atoms with Gasteiger partial charge in [-0.15, -0.1) is 0 Å². The van der Waals surface area contributed by atoms with E-state index in [4.69, 9.17) is 10.00 Å². The van der Waals surface area contributed by atoms with Gasteiger partial charge in [0, 0.05) is 17.8 Å². The monoisotopic (exact) mass is 454 g/mol. The van der Waals surface area contributed by atoms with Gasteiger partial charge in [-0.1, -0.05) is 0 Å². The highest BCUT2D eigenvalue weighted by atomic mass is 16.6. The van der Waals surface area contributed by atoms with E-state index in [-0.39, 0.29) is 17.0 Å². The number of carbonyl (C=O) groups excluding carboxylic acids is 2. The van der Waals surface area contributed by atoms with Crippen molar-refractivity contribution in [2.24, 2.45) is 0 Å². The second-order valence-corrected chi connectivity index (χ2v) is 7.24. The van der Waals surface area contributed by atoms with Gasteiger partial charge in [0.25, 0.3) is 17.5 Å². The predicted octanol–water partition coefficient (Wildman–Crippen LogP) is 4.26. The molecule has 9 heteroatoms. The van der Waals surface area contributed by atoms with Crippen molar-refractivity contribution in [2.45, 2.75) is 6.92 Å². The number of nitrogens with one attached hydrogen (secondary N) is 1. The first kappa shape index (κ1) is 22.2. The lowest BCUT2D eigenvalue weighted by Crippen LogP contribution is -2.32. The first-order valence-electron chi connectivity index (χ1n) is 10.3. The number of imide groups is 1. The van der Waals surface area contributed by atoms with E-state index in [9.17, 15) is 19.7 Å². The molecule has 0 aliphatic carbocycles. The van der Waals surface area contributed by atoms with Crippen molar-refractivity contribution in [1.29, 1.82) is 5.26 Å². The van der Waals surface area contributed by atoms with Gasteiger partial charge in [-0.05, 0) is 73.2 Å². The molecule has 3 aromatic carbocycles. The van der Waals surface area contributed by atoms with Crippen molar-refractivity contribution in [3.05, 3.63) is 99.7 Å². The van der Waals surface area contributed by atoms with Gasteiger partial charge in [0.15, 0.2) is 0 Å². The average molecular weight is 454 g/mol. The Labute approximate surface area is 194 Å². The molecule has 0 unspecified atom stereocenters. The summed E-state index contributed by atoms with van der Waals surface area (Å²) in [5.74, 6) is -0.514. The molecule has 9 nitrogen and oxygen atoms in total. The summed E-state index contributed by atoms with van der Waals surface area (Å²) >= 11 is 0. The van der Waals surface area contributed by atoms with Crippen LogP contribution >= 0.6 is 0 Å². The molecule has 4 rings (SSSR count). The number of nitrogens with zero attached hydrogens (tertiary/aromatic N) is 3. The number of amides is 2. The lowest BCUT2D eigenvalue weighted by atomic mass is 10.0. The quantitative estimate of drug-likeness (QED) is 0.321. The number of benzene rings is 3. The first-order chi connectivity index (χ1) is 16.4. The molecule has 0 fully saturated rings. The van der Waals surface area contributed by atoms with Crippen molar-refractivity contribution in [1.82, 2.24) is 0 Å². The van der Waals surface area contributed by atoms with Gasteiger partial charge in [0.1, 0.15) is 11.4 Å². The summed E-state index contributed by atoms with van der Waals surface area (Å²) in [7, 11) is 0. The van der Waals surface area contributed by atoms with E-state index in [0.717, 1.165) is 4.90 Å². The van der Waals surface area contributed by atoms with Gasteiger partial charge in [-0.2, -0.15) is 5.26 Å². The van der Waals surface area contributed by atoms with Gasteiger partial charge in [0.05, 0.1) is 34.4 Å². The Morgan fingerprint density at radius 3 is 2.18 bits per heavy atom. The number of hydrogen-bond acceptors (Lipinski definition) is 7. The minimum atomic E-state index is -0.586. The SMILES string of the molecule is CCOc1ccc(NC2=C(c3ccc([N+](=O)[O-])cc3)C(=O)N(c3ccc(C#N)cc3)C2=O)cc1. The molecule has 0 saturated carbocycles. The summed E-state index contributed by atoms with van der Waals surface area (Å²) in [4.78, 5) is 38.3. The zero-order valence-corrected chi connectivity index (χ0v) is 18.0. The molecule has 0 bridgehead atoms. The van der Waals surface area contributed by atoms with Gasteiger partial charge >= 0.3 is 0 Å². The number of nitriles is 1. The molecule has 1 N–H and O–H groups in total. The molecule has 1 aliphatic rings. The topological polar surface area (TPSA) is 126 Å². The maximum atomic E-state index is 13.4. The summed E-state index contributed by atoms with van der Waals surface area (Å²) < 4.78 is 5.44. The van der Waals surface area contributed by atoms with Crippen LogP contribution in [0.3, 0.4) is 0 Å². The molecule has 0 spiro atoms. The van der Waals surface area contributed by atoms with E-state index in [1.807, 2.05) is 13.0 Å². The minimum absolute atomic E-state index is 0.0346. The number of anilines is 2. The summed E-state index contributed by atoms with van der Waals surface area (Å²) in [5.41, 5.74) is 1.59. The smallest absolute Gasteiger partial charge is 0.282 e. The molecular weight excluding hydrogens is 436 g/mol. The fourth-order valence-corrected chi connectivity index (χ4v) is 3.53. The highest BCUT2D eigenvalue weighted by Crippen LogP contribution is 2.34. The highest BCUT2D eigenvalue weighted by Gasteiger charge is 2.40. The second kappa shape index (κ2) is 9.26. The predicted molar refractivity (Wildman–Crippen MR) is 125 cm³/mol. The van der Waals surface area contributed by atoms with Crippen LogP contribution in [-0.4, -0.2) is 23.3 Å². The summed E-state index contributed by atoms with van der Waals surface area (Å²) in [6, 6.07) is 20.4. The molecular formula is C25H18N4O5. The lowest BCUT2D eigenvalue weighted by molar-refractivity contribution is -0.384. The van der Waals surface area contributed by atoms with Gasteiger partial charge in [0.2, 0.25) is 0 Å². The molecule has 2 amide bonds. The third-order valence-corrected chi connectivity index (χ3v) is 5.14. The summed E-state index contributed by atoms with van der Waals surface area (Å²) in [6.45, 7) is 2.38. The summed E-state index contributed by atoms with van der Waals surface area (Å²) in [6.07, 6.45) is 0. The molecule has 0 radical (unpaired) electrons. The number of nitro groups is 1. The molecule has 1 heterocycles. The Morgan fingerprint density at radius 2 is 1.62 bits per heavy atom. The molecule has 1 aliphatic heterocycles. The van der Waals surface area contributed by atoms with Crippen LogP contribution < -0.4 is 15.0 Å². The Bertz CT molecular complexity index is 1340. The fraction of sp³-hybridized carbons (Fsp3) is 0.0800. The van der Waals surface area contributed by atoms with Crippen molar-refractivity contribution >= 4 is 34.4 Å². The number of nitro benzene ring substituents is 1. The Balaban J connectivity index is 1.76. The van der Waals surface area contributed by atoms with E-state index in [2.05, 4.69) is 5.32 Å². The zero-order valence-electron chi connectivity index (χ0n) is 18.0. The number of ether oxygens (including phenoxy) is 1.